The van der Waals surface area contributed by atoms with Crippen LogP contribution in [0.2, 0.25) is 0 Å². The fourth-order valence-electron chi connectivity index (χ4n) is 1.78. The Morgan fingerprint density at radius 1 is 1.15 bits per heavy atom. The lowest BCUT2D eigenvalue weighted by atomic mass is 10.1. The fourth-order valence-corrected chi connectivity index (χ4v) is 2.05. The highest BCUT2D eigenvalue weighted by Crippen LogP contribution is 2.20. The van der Waals surface area contributed by atoms with Crippen LogP contribution in [-0.4, -0.2) is 12.4 Å². The standard InChI is InChI=1S/C17H15BrO2/c1-2-20-17-6-4-3-5-14(17)9-12-16(19)13-7-10-15(18)11-8-13/h3-12H,2H2,1H3/b12-9+. The van der Waals surface area contributed by atoms with E-state index in [-0.39, 0.29) is 5.78 Å². The summed E-state index contributed by atoms with van der Waals surface area (Å²) in [4.78, 5) is 12.1. The van der Waals surface area contributed by atoms with Crippen LogP contribution < -0.4 is 4.74 Å². The minimum absolute atomic E-state index is 0.0243. The molecule has 0 unspecified atom stereocenters. The van der Waals surface area contributed by atoms with Crippen LogP contribution in [0.5, 0.6) is 5.75 Å². The number of rotatable bonds is 5. The van der Waals surface area contributed by atoms with Gasteiger partial charge in [-0.15, -0.1) is 0 Å². The van der Waals surface area contributed by atoms with Crippen molar-refractivity contribution < 1.29 is 9.53 Å². The zero-order chi connectivity index (χ0) is 14.4. The van der Waals surface area contributed by atoms with E-state index < -0.39 is 0 Å². The summed E-state index contributed by atoms with van der Waals surface area (Å²) in [5.74, 6) is 0.763. The molecule has 0 saturated heterocycles. The van der Waals surface area contributed by atoms with Gasteiger partial charge >= 0.3 is 0 Å². The number of carbonyl (C=O) groups excluding carboxylic acids is 1. The molecule has 0 spiro atoms. The molecule has 0 aliphatic carbocycles. The maximum absolute atomic E-state index is 12.1. The highest BCUT2D eigenvalue weighted by atomic mass is 79.9. The predicted molar refractivity (Wildman–Crippen MR) is 85.1 cm³/mol. The van der Waals surface area contributed by atoms with Gasteiger partial charge in [0.1, 0.15) is 5.75 Å². The Labute approximate surface area is 127 Å². The van der Waals surface area contributed by atoms with Crippen molar-refractivity contribution in [3.63, 3.8) is 0 Å². The lowest BCUT2D eigenvalue weighted by molar-refractivity contribution is 0.104. The third kappa shape index (κ3) is 3.81. The Morgan fingerprint density at radius 2 is 1.85 bits per heavy atom. The molecule has 0 fully saturated rings. The number of carbonyl (C=O) groups is 1. The number of hydrogen-bond acceptors (Lipinski definition) is 2. The van der Waals surface area contributed by atoms with Crippen molar-refractivity contribution in [2.75, 3.05) is 6.61 Å². The molecule has 102 valence electrons. The van der Waals surface area contributed by atoms with Gasteiger partial charge in [-0.1, -0.05) is 34.1 Å². The first-order valence-corrected chi connectivity index (χ1v) is 7.20. The Hall–Kier alpha value is -1.87. The molecule has 0 amide bonds. The highest BCUT2D eigenvalue weighted by molar-refractivity contribution is 9.10. The molecule has 0 aliphatic heterocycles. The van der Waals surface area contributed by atoms with Crippen LogP contribution in [-0.2, 0) is 0 Å². The van der Waals surface area contributed by atoms with Crippen molar-refractivity contribution in [1.82, 2.24) is 0 Å². The quantitative estimate of drug-likeness (QED) is 0.584. The molecule has 0 N–H and O–H groups in total. The van der Waals surface area contributed by atoms with E-state index in [2.05, 4.69) is 15.9 Å². The van der Waals surface area contributed by atoms with Gasteiger partial charge in [-0.25, -0.2) is 0 Å². The molecule has 2 nitrogen and oxygen atoms in total. The third-order valence-electron chi connectivity index (χ3n) is 2.76. The second-order valence-electron chi connectivity index (χ2n) is 4.18. The predicted octanol–water partition coefficient (Wildman–Crippen LogP) is 4.74. The van der Waals surface area contributed by atoms with Crippen molar-refractivity contribution in [1.29, 1.82) is 0 Å². The summed E-state index contributed by atoms with van der Waals surface area (Å²) in [5.41, 5.74) is 1.57. The minimum atomic E-state index is -0.0243. The van der Waals surface area contributed by atoms with Crippen molar-refractivity contribution in [2.24, 2.45) is 0 Å². The summed E-state index contributed by atoms with van der Waals surface area (Å²) in [6, 6.07) is 15.0. The van der Waals surface area contributed by atoms with E-state index in [0.29, 0.717) is 12.2 Å². The van der Waals surface area contributed by atoms with Crippen LogP contribution in [0.25, 0.3) is 6.08 Å². The second-order valence-corrected chi connectivity index (χ2v) is 5.09. The van der Waals surface area contributed by atoms with Crippen molar-refractivity contribution in [3.05, 3.63) is 70.2 Å². The van der Waals surface area contributed by atoms with Crippen LogP contribution in [0.15, 0.2) is 59.1 Å². The summed E-state index contributed by atoms with van der Waals surface area (Å²) in [5, 5.41) is 0. The molecule has 0 atom stereocenters. The molecule has 0 aromatic heterocycles. The number of para-hydroxylation sites is 1. The lowest BCUT2D eigenvalue weighted by Crippen LogP contribution is -1.95. The van der Waals surface area contributed by atoms with E-state index in [0.717, 1.165) is 15.8 Å². The van der Waals surface area contributed by atoms with E-state index in [1.54, 1.807) is 24.3 Å². The van der Waals surface area contributed by atoms with Crippen LogP contribution in [0.1, 0.15) is 22.8 Å². The minimum Gasteiger partial charge on any atom is -0.493 e. The van der Waals surface area contributed by atoms with E-state index in [1.807, 2.05) is 43.3 Å². The first kappa shape index (κ1) is 14.5. The topological polar surface area (TPSA) is 26.3 Å². The smallest absolute Gasteiger partial charge is 0.185 e. The highest BCUT2D eigenvalue weighted by Gasteiger charge is 2.03. The summed E-state index contributed by atoms with van der Waals surface area (Å²) in [7, 11) is 0. The Balaban J connectivity index is 2.17. The average Bonchev–Trinajstić information content (AvgIpc) is 2.47. The Bertz CT molecular complexity index is 615. The van der Waals surface area contributed by atoms with Crippen molar-refractivity contribution >= 4 is 27.8 Å². The van der Waals surface area contributed by atoms with Gasteiger partial charge in [-0.3, -0.25) is 4.79 Å². The molecule has 20 heavy (non-hydrogen) atoms. The van der Waals surface area contributed by atoms with Crippen LogP contribution in [0.3, 0.4) is 0 Å². The first-order chi connectivity index (χ1) is 9.70. The van der Waals surface area contributed by atoms with Crippen LogP contribution in [0, 0.1) is 0 Å². The van der Waals surface area contributed by atoms with Gasteiger partial charge in [-0.2, -0.15) is 0 Å². The molecule has 0 heterocycles. The first-order valence-electron chi connectivity index (χ1n) is 6.40. The van der Waals surface area contributed by atoms with Crippen LogP contribution in [0.4, 0.5) is 0 Å². The number of ether oxygens (including phenoxy) is 1. The lowest BCUT2D eigenvalue weighted by Gasteiger charge is -2.06. The number of ketones is 1. The maximum Gasteiger partial charge on any atom is 0.185 e. The average molecular weight is 331 g/mol. The Kier molecular flexibility index (Phi) is 5.13. The van der Waals surface area contributed by atoms with Crippen LogP contribution >= 0.6 is 15.9 Å². The molecular weight excluding hydrogens is 316 g/mol. The summed E-state index contributed by atoms with van der Waals surface area (Å²) >= 11 is 3.35. The van der Waals surface area contributed by atoms with Crippen molar-refractivity contribution in [2.45, 2.75) is 6.92 Å². The zero-order valence-corrected chi connectivity index (χ0v) is 12.8. The molecule has 3 heteroatoms. The largest absolute Gasteiger partial charge is 0.493 e. The van der Waals surface area contributed by atoms with E-state index >= 15 is 0 Å². The number of hydrogen-bond donors (Lipinski definition) is 0. The van der Waals surface area contributed by atoms with E-state index in [4.69, 9.17) is 4.74 Å². The van der Waals surface area contributed by atoms with Crippen molar-refractivity contribution in [3.8, 4) is 5.75 Å². The molecule has 2 rings (SSSR count). The number of allylic oxidation sites excluding steroid dienone is 1. The fraction of sp³-hybridized carbons (Fsp3) is 0.118. The van der Waals surface area contributed by atoms with Gasteiger partial charge in [0, 0.05) is 15.6 Å². The van der Waals surface area contributed by atoms with Gasteiger partial charge in [0.05, 0.1) is 6.61 Å². The number of halogens is 1. The molecular formula is C17H15BrO2. The SMILES string of the molecule is CCOc1ccccc1/C=C/C(=O)c1ccc(Br)cc1. The molecule has 0 bridgehead atoms. The van der Waals surface area contributed by atoms with E-state index in [1.165, 1.54) is 0 Å². The molecule has 2 aromatic carbocycles. The Morgan fingerprint density at radius 3 is 2.55 bits per heavy atom. The number of benzene rings is 2. The van der Waals surface area contributed by atoms with Gasteiger partial charge in [0.15, 0.2) is 5.78 Å². The maximum atomic E-state index is 12.1. The zero-order valence-electron chi connectivity index (χ0n) is 11.2. The van der Waals surface area contributed by atoms with Gasteiger partial charge in [0.25, 0.3) is 0 Å². The monoisotopic (exact) mass is 330 g/mol. The third-order valence-corrected chi connectivity index (χ3v) is 3.29. The van der Waals surface area contributed by atoms with E-state index in [9.17, 15) is 4.79 Å². The molecule has 0 aliphatic rings. The summed E-state index contributed by atoms with van der Waals surface area (Å²) in [6.07, 6.45) is 3.36. The molecule has 0 saturated carbocycles. The summed E-state index contributed by atoms with van der Waals surface area (Å²) < 4.78 is 6.48. The van der Waals surface area contributed by atoms with Gasteiger partial charge < -0.3 is 4.74 Å². The normalized spacial score (nSPS) is 10.7. The summed E-state index contributed by atoms with van der Waals surface area (Å²) in [6.45, 7) is 2.54. The van der Waals surface area contributed by atoms with Gasteiger partial charge in [-0.05, 0) is 49.4 Å². The second kappa shape index (κ2) is 7.06. The molecule has 0 radical (unpaired) electrons. The van der Waals surface area contributed by atoms with Gasteiger partial charge in [0.2, 0.25) is 0 Å². The molecule has 2 aromatic rings.